The fourth-order valence-electron chi connectivity index (χ4n) is 2.12. The summed E-state index contributed by atoms with van der Waals surface area (Å²) >= 11 is 0. The molecular formula is C15H16N4O. The molecule has 5 nitrogen and oxygen atoms in total. The Morgan fingerprint density at radius 2 is 1.95 bits per heavy atom. The van der Waals surface area contributed by atoms with Crippen molar-refractivity contribution in [3.05, 3.63) is 53.4 Å². The van der Waals surface area contributed by atoms with Gasteiger partial charge >= 0.3 is 0 Å². The van der Waals surface area contributed by atoms with Crippen molar-refractivity contribution >= 4 is 0 Å². The van der Waals surface area contributed by atoms with Crippen LogP contribution < -0.4 is 0 Å². The van der Waals surface area contributed by atoms with Crippen LogP contribution in [-0.4, -0.2) is 19.7 Å². The molecule has 2 heterocycles. The van der Waals surface area contributed by atoms with Crippen LogP contribution in [0.3, 0.4) is 0 Å². The van der Waals surface area contributed by atoms with E-state index in [4.69, 9.17) is 4.42 Å². The van der Waals surface area contributed by atoms with Gasteiger partial charge in [0.15, 0.2) is 0 Å². The number of hydrogen-bond donors (Lipinski definition) is 0. The van der Waals surface area contributed by atoms with Crippen LogP contribution in [0.2, 0.25) is 0 Å². The van der Waals surface area contributed by atoms with Crippen molar-refractivity contribution in [3.8, 4) is 11.5 Å². The molecule has 0 saturated heterocycles. The Morgan fingerprint density at radius 3 is 2.65 bits per heavy atom. The van der Waals surface area contributed by atoms with E-state index in [1.807, 2.05) is 32.0 Å². The van der Waals surface area contributed by atoms with Gasteiger partial charge in [-0.1, -0.05) is 18.2 Å². The first kappa shape index (κ1) is 12.6. The lowest BCUT2D eigenvalue weighted by Crippen LogP contribution is -2.02. The molecule has 5 heteroatoms. The van der Waals surface area contributed by atoms with Gasteiger partial charge in [-0.2, -0.15) is 5.10 Å². The van der Waals surface area contributed by atoms with Crippen LogP contribution in [0.4, 0.5) is 0 Å². The minimum Gasteiger partial charge on any atom is -0.441 e. The second kappa shape index (κ2) is 4.92. The van der Waals surface area contributed by atoms with E-state index in [-0.39, 0.29) is 0 Å². The number of oxazole rings is 1. The molecule has 0 amide bonds. The van der Waals surface area contributed by atoms with E-state index in [1.165, 1.54) is 0 Å². The summed E-state index contributed by atoms with van der Waals surface area (Å²) in [5.41, 5.74) is 3.06. The number of aromatic nitrogens is 4. The highest BCUT2D eigenvalue weighted by molar-refractivity contribution is 5.58. The van der Waals surface area contributed by atoms with Gasteiger partial charge in [-0.15, -0.1) is 0 Å². The van der Waals surface area contributed by atoms with Crippen LogP contribution in [-0.2, 0) is 6.54 Å². The van der Waals surface area contributed by atoms with Gasteiger partial charge in [0.25, 0.3) is 0 Å². The van der Waals surface area contributed by atoms with Crippen LogP contribution in [0, 0.1) is 20.8 Å². The standard InChI is InChI=1S/C15H16N4O/c1-10-6-4-5-7-13(10)15-17-14(11(2)20-15)8-19-9-16-12(3)18-19/h4-7,9H,8H2,1-3H3. The molecule has 0 saturated carbocycles. The van der Waals surface area contributed by atoms with Gasteiger partial charge in [0.2, 0.25) is 5.89 Å². The Bertz CT molecular complexity index is 742. The SMILES string of the molecule is Cc1ncn(Cc2nc(-c3ccccc3C)oc2C)n1. The Morgan fingerprint density at radius 1 is 1.15 bits per heavy atom. The van der Waals surface area contributed by atoms with Crippen molar-refractivity contribution in [2.45, 2.75) is 27.3 Å². The zero-order valence-electron chi connectivity index (χ0n) is 11.8. The summed E-state index contributed by atoms with van der Waals surface area (Å²) in [5.74, 6) is 2.23. The molecule has 3 rings (SSSR count). The first-order valence-corrected chi connectivity index (χ1v) is 6.52. The van der Waals surface area contributed by atoms with E-state index in [9.17, 15) is 0 Å². The number of rotatable bonds is 3. The predicted octanol–water partition coefficient (Wildman–Crippen LogP) is 2.91. The summed E-state index contributed by atoms with van der Waals surface area (Å²) in [5, 5.41) is 4.27. The van der Waals surface area contributed by atoms with Crippen LogP contribution in [0.15, 0.2) is 35.0 Å². The van der Waals surface area contributed by atoms with Crippen LogP contribution in [0.5, 0.6) is 0 Å². The first-order chi connectivity index (χ1) is 9.63. The summed E-state index contributed by atoms with van der Waals surface area (Å²) in [6.07, 6.45) is 1.71. The third-order valence-electron chi connectivity index (χ3n) is 3.23. The van der Waals surface area contributed by atoms with Crippen molar-refractivity contribution in [3.63, 3.8) is 0 Å². The van der Waals surface area contributed by atoms with E-state index in [0.717, 1.165) is 28.4 Å². The predicted molar refractivity (Wildman–Crippen MR) is 75.3 cm³/mol. The quantitative estimate of drug-likeness (QED) is 0.733. The van der Waals surface area contributed by atoms with Crippen LogP contribution in [0.1, 0.15) is 22.8 Å². The second-order valence-electron chi connectivity index (χ2n) is 4.83. The Labute approximate surface area is 117 Å². The minimum absolute atomic E-state index is 0.571. The lowest BCUT2D eigenvalue weighted by Gasteiger charge is -1.99. The van der Waals surface area contributed by atoms with Crippen LogP contribution >= 0.6 is 0 Å². The first-order valence-electron chi connectivity index (χ1n) is 6.52. The van der Waals surface area contributed by atoms with Gasteiger partial charge in [-0.25, -0.2) is 14.6 Å². The molecule has 20 heavy (non-hydrogen) atoms. The highest BCUT2D eigenvalue weighted by Gasteiger charge is 2.13. The van der Waals surface area contributed by atoms with E-state index in [0.29, 0.717) is 12.4 Å². The molecule has 0 N–H and O–H groups in total. The van der Waals surface area contributed by atoms with Crippen molar-refractivity contribution in [2.75, 3.05) is 0 Å². The smallest absolute Gasteiger partial charge is 0.226 e. The molecule has 0 atom stereocenters. The molecule has 0 unspecified atom stereocenters. The molecule has 102 valence electrons. The van der Waals surface area contributed by atoms with E-state index < -0.39 is 0 Å². The molecule has 1 aromatic carbocycles. The number of nitrogens with zero attached hydrogens (tertiary/aromatic N) is 4. The number of benzene rings is 1. The average Bonchev–Trinajstić information content (AvgIpc) is 2.98. The maximum Gasteiger partial charge on any atom is 0.226 e. The van der Waals surface area contributed by atoms with Gasteiger partial charge in [0.1, 0.15) is 23.6 Å². The van der Waals surface area contributed by atoms with Crippen molar-refractivity contribution < 1.29 is 4.42 Å². The fourth-order valence-corrected chi connectivity index (χ4v) is 2.12. The molecule has 0 spiro atoms. The molecule has 3 aromatic rings. The molecule has 0 aliphatic heterocycles. The molecule has 0 bridgehead atoms. The minimum atomic E-state index is 0.571. The summed E-state index contributed by atoms with van der Waals surface area (Å²) < 4.78 is 7.55. The molecule has 0 aliphatic carbocycles. The third kappa shape index (κ3) is 2.34. The molecule has 0 aliphatic rings. The average molecular weight is 268 g/mol. The Kier molecular flexibility index (Phi) is 3.10. The summed E-state index contributed by atoms with van der Waals surface area (Å²) in [6, 6.07) is 8.06. The van der Waals surface area contributed by atoms with Gasteiger partial charge < -0.3 is 4.42 Å². The molecular weight excluding hydrogens is 252 g/mol. The van der Waals surface area contributed by atoms with Gasteiger partial charge in [-0.05, 0) is 32.4 Å². The Hall–Kier alpha value is -2.43. The zero-order valence-corrected chi connectivity index (χ0v) is 11.8. The van der Waals surface area contributed by atoms with Crippen molar-refractivity contribution in [1.29, 1.82) is 0 Å². The normalized spacial score (nSPS) is 10.9. The van der Waals surface area contributed by atoms with Crippen LogP contribution in [0.25, 0.3) is 11.5 Å². The maximum atomic E-state index is 5.79. The van der Waals surface area contributed by atoms with E-state index in [1.54, 1.807) is 11.0 Å². The van der Waals surface area contributed by atoms with Crippen molar-refractivity contribution in [2.24, 2.45) is 0 Å². The lowest BCUT2D eigenvalue weighted by molar-refractivity contribution is 0.535. The van der Waals surface area contributed by atoms with Crippen molar-refractivity contribution in [1.82, 2.24) is 19.7 Å². The summed E-state index contributed by atoms with van der Waals surface area (Å²) in [7, 11) is 0. The number of hydrogen-bond acceptors (Lipinski definition) is 4. The van der Waals surface area contributed by atoms with E-state index in [2.05, 4.69) is 28.1 Å². The number of aryl methyl sites for hydroxylation is 3. The van der Waals surface area contributed by atoms with Gasteiger partial charge in [-0.3, -0.25) is 0 Å². The fraction of sp³-hybridized carbons (Fsp3) is 0.267. The topological polar surface area (TPSA) is 56.7 Å². The van der Waals surface area contributed by atoms with E-state index >= 15 is 0 Å². The highest BCUT2D eigenvalue weighted by atomic mass is 16.4. The van der Waals surface area contributed by atoms with Gasteiger partial charge in [0, 0.05) is 5.56 Å². The monoisotopic (exact) mass is 268 g/mol. The zero-order chi connectivity index (χ0) is 14.1. The lowest BCUT2D eigenvalue weighted by atomic mass is 10.1. The maximum absolute atomic E-state index is 5.79. The summed E-state index contributed by atoms with van der Waals surface area (Å²) in [4.78, 5) is 8.71. The molecule has 2 aromatic heterocycles. The highest BCUT2D eigenvalue weighted by Crippen LogP contribution is 2.24. The molecule has 0 fully saturated rings. The summed E-state index contributed by atoms with van der Waals surface area (Å²) in [6.45, 7) is 6.41. The third-order valence-corrected chi connectivity index (χ3v) is 3.23. The second-order valence-corrected chi connectivity index (χ2v) is 4.83. The van der Waals surface area contributed by atoms with Gasteiger partial charge in [0.05, 0.1) is 6.54 Å². The largest absolute Gasteiger partial charge is 0.441 e. The Balaban J connectivity index is 1.93. The molecule has 0 radical (unpaired) electrons.